The summed E-state index contributed by atoms with van der Waals surface area (Å²) in [5.41, 5.74) is 0.578. The number of carbonyl (C=O) groups is 2. The number of para-hydroxylation sites is 2. The van der Waals surface area contributed by atoms with Gasteiger partial charge in [-0.15, -0.1) is 0 Å². The van der Waals surface area contributed by atoms with Crippen LogP contribution in [0, 0.1) is 0 Å². The van der Waals surface area contributed by atoms with Crippen molar-refractivity contribution in [1.82, 2.24) is 9.88 Å². The molecular weight excluding hydrogens is 382 g/mol. The molecule has 0 aliphatic heterocycles. The zero-order valence-electron chi connectivity index (χ0n) is 15.6. The summed E-state index contributed by atoms with van der Waals surface area (Å²) in [6.45, 7) is 0.238. The Hall–Kier alpha value is -2.80. The Morgan fingerprint density at radius 2 is 2.00 bits per heavy atom. The van der Waals surface area contributed by atoms with Crippen molar-refractivity contribution in [2.45, 2.75) is 25.3 Å². The maximum Gasteiger partial charge on any atom is 0.260 e. The lowest BCUT2D eigenvalue weighted by molar-refractivity contribution is -0.134. The number of ether oxygens (including phenoxy) is 2. The van der Waals surface area contributed by atoms with Crippen LogP contribution < -0.4 is 14.8 Å². The Labute approximate surface area is 168 Å². The van der Waals surface area contributed by atoms with E-state index in [0.717, 1.165) is 12.8 Å². The van der Waals surface area contributed by atoms with Crippen molar-refractivity contribution < 1.29 is 19.1 Å². The van der Waals surface area contributed by atoms with Crippen LogP contribution in [0.2, 0.25) is 5.15 Å². The minimum absolute atomic E-state index is 0.0988. The number of rotatable bonds is 9. The van der Waals surface area contributed by atoms with E-state index in [1.807, 2.05) is 12.1 Å². The van der Waals surface area contributed by atoms with E-state index in [1.165, 1.54) is 6.20 Å². The Bertz CT molecular complexity index is 842. The highest BCUT2D eigenvalue weighted by atomic mass is 35.5. The molecule has 1 heterocycles. The second-order valence-electron chi connectivity index (χ2n) is 6.42. The third kappa shape index (κ3) is 5.60. The SMILES string of the molecule is COc1ccccc1OCC(=O)N(CCC(=O)Nc1ccnc(Cl)c1)C1CC1. The molecule has 0 radical (unpaired) electrons. The fraction of sp³-hybridized carbons (Fsp3) is 0.350. The molecule has 0 atom stereocenters. The van der Waals surface area contributed by atoms with Crippen molar-refractivity contribution in [3.63, 3.8) is 0 Å². The summed E-state index contributed by atoms with van der Waals surface area (Å²) in [5.74, 6) is 0.754. The number of carbonyl (C=O) groups excluding carboxylic acids is 2. The Balaban J connectivity index is 1.51. The van der Waals surface area contributed by atoms with Crippen LogP contribution in [-0.2, 0) is 9.59 Å². The number of methoxy groups -OCH3 is 1. The second kappa shape index (κ2) is 9.41. The molecule has 0 bridgehead atoms. The maximum atomic E-state index is 12.6. The molecule has 8 heteroatoms. The van der Waals surface area contributed by atoms with Crippen LogP contribution in [0.1, 0.15) is 19.3 Å². The van der Waals surface area contributed by atoms with Gasteiger partial charge in [0.25, 0.3) is 5.91 Å². The van der Waals surface area contributed by atoms with E-state index in [4.69, 9.17) is 21.1 Å². The first kappa shape index (κ1) is 19.9. The number of pyridine rings is 1. The van der Waals surface area contributed by atoms with Crippen LogP contribution in [0.3, 0.4) is 0 Å². The average Bonchev–Trinajstić information content (AvgIpc) is 3.52. The van der Waals surface area contributed by atoms with E-state index < -0.39 is 0 Å². The van der Waals surface area contributed by atoms with Gasteiger partial charge in [0.05, 0.1) is 7.11 Å². The first-order valence-electron chi connectivity index (χ1n) is 9.03. The van der Waals surface area contributed by atoms with Crippen LogP contribution in [0.25, 0.3) is 0 Å². The molecule has 7 nitrogen and oxygen atoms in total. The highest BCUT2D eigenvalue weighted by Crippen LogP contribution is 2.29. The fourth-order valence-electron chi connectivity index (χ4n) is 2.78. The zero-order chi connectivity index (χ0) is 19.9. The quantitative estimate of drug-likeness (QED) is 0.650. The summed E-state index contributed by atoms with van der Waals surface area (Å²) >= 11 is 5.82. The lowest BCUT2D eigenvalue weighted by Crippen LogP contribution is -2.38. The van der Waals surface area contributed by atoms with Gasteiger partial charge in [-0.1, -0.05) is 23.7 Å². The molecule has 1 saturated carbocycles. The Morgan fingerprint density at radius 1 is 1.25 bits per heavy atom. The van der Waals surface area contributed by atoms with Gasteiger partial charge in [0.2, 0.25) is 5.91 Å². The molecule has 1 N–H and O–H groups in total. The van der Waals surface area contributed by atoms with Crippen molar-refractivity contribution in [2.24, 2.45) is 0 Å². The zero-order valence-corrected chi connectivity index (χ0v) is 16.3. The van der Waals surface area contributed by atoms with Crippen molar-refractivity contribution in [2.75, 3.05) is 25.6 Å². The van der Waals surface area contributed by atoms with Crippen LogP contribution in [0.5, 0.6) is 11.5 Å². The lowest BCUT2D eigenvalue weighted by atomic mass is 10.3. The highest BCUT2D eigenvalue weighted by Gasteiger charge is 2.32. The summed E-state index contributed by atoms with van der Waals surface area (Å²) in [6, 6.07) is 10.6. The summed E-state index contributed by atoms with van der Waals surface area (Å²) in [4.78, 5) is 30.4. The van der Waals surface area contributed by atoms with E-state index in [2.05, 4.69) is 10.3 Å². The predicted molar refractivity (Wildman–Crippen MR) is 106 cm³/mol. The molecule has 2 aromatic rings. The number of benzene rings is 1. The van der Waals surface area contributed by atoms with E-state index in [1.54, 1.807) is 36.3 Å². The van der Waals surface area contributed by atoms with Gasteiger partial charge in [0, 0.05) is 30.9 Å². The van der Waals surface area contributed by atoms with Crippen molar-refractivity contribution in [3.05, 3.63) is 47.7 Å². The third-order valence-electron chi connectivity index (χ3n) is 4.32. The van der Waals surface area contributed by atoms with Gasteiger partial charge in [-0.2, -0.15) is 0 Å². The van der Waals surface area contributed by atoms with E-state index in [-0.39, 0.29) is 30.9 Å². The molecule has 0 unspecified atom stereocenters. The number of anilines is 1. The summed E-state index contributed by atoms with van der Waals surface area (Å²) in [7, 11) is 1.55. The molecule has 28 heavy (non-hydrogen) atoms. The molecule has 3 rings (SSSR count). The van der Waals surface area contributed by atoms with Gasteiger partial charge in [0.15, 0.2) is 18.1 Å². The van der Waals surface area contributed by atoms with Crippen LogP contribution >= 0.6 is 11.6 Å². The molecule has 1 aliphatic rings. The number of hydrogen-bond donors (Lipinski definition) is 1. The molecule has 2 amide bonds. The largest absolute Gasteiger partial charge is 0.493 e. The molecule has 1 aromatic heterocycles. The molecule has 1 fully saturated rings. The van der Waals surface area contributed by atoms with Crippen molar-refractivity contribution >= 4 is 29.1 Å². The van der Waals surface area contributed by atoms with Crippen LogP contribution in [-0.4, -0.2) is 48.0 Å². The number of halogens is 1. The van der Waals surface area contributed by atoms with Crippen LogP contribution in [0.15, 0.2) is 42.6 Å². The summed E-state index contributed by atoms with van der Waals surface area (Å²) in [6.07, 6.45) is 3.61. The molecule has 0 saturated heterocycles. The summed E-state index contributed by atoms with van der Waals surface area (Å²) in [5, 5.41) is 3.07. The molecule has 148 valence electrons. The Morgan fingerprint density at radius 3 is 2.68 bits per heavy atom. The second-order valence-corrected chi connectivity index (χ2v) is 6.81. The minimum atomic E-state index is -0.189. The average molecular weight is 404 g/mol. The van der Waals surface area contributed by atoms with Gasteiger partial charge < -0.3 is 19.7 Å². The van der Waals surface area contributed by atoms with Gasteiger partial charge in [-0.3, -0.25) is 9.59 Å². The predicted octanol–water partition coefficient (Wildman–Crippen LogP) is 3.14. The standard InChI is InChI=1S/C20H22ClN3O4/c1-27-16-4-2-3-5-17(16)28-13-20(26)24(15-6-7-15)11-9-19(25)23-14-8-10-22-18(21)12-14/h2-5,8,10,12,15H,6-7,9,11,13H2,1H3,(H,22,23,25). The lowest BCUT2D eigenvalue weighted by Gasteiger charge is -2.22. The molecule has 1 aromatic carbocycles. The van der Waals surface area contributed by atoms with Crippen LogP contribution in [0.4, 0.5) is 5.69 Å². The smallest absolute Gasteiger partial charge is 0.260 e. The van der Waals surface area contributed by atoms with Crippen molar-refractivity contribution in [3.8, 4) is 11.5 Å². The van der Waals surface area contributed by atoms with Gasteiger partial charge in [0.1, 0.15) is 5.15 Å². The Kier molecular flexibility index (Phi) is 6.71. The maximum absolute atomic E-state index is 12.6. The van der Waals surface area contributed by atoms with E-state index in [9.17, 15) is 9.59 Å². The number of hydrogen-bond acceptors (Lipinski definition) is 5. The van der Waals surface area contributed by atoms with Gasteiger partial charge in [-0.05, 0) is 37.1 Å². The monoisotopic (exact) mass is 403 g/mol. The third-order valence-corrected chi connectivity index (χ3v) is 4.53. The first-order valence-corrected chi connectivity index (χ1v) is 9.41. The van der Waals surface area contributed by atoms with Gasteiger partial charge >= 0.3 is 0 Å². The fourth-order valence-corrected chi connectivity index (χ4v) is 2.96. The first-order chi connectivity index (χ1) is 13.6. The summed E-state index contributed by atoms with van der Waals surface area (Å²) < 4.78 is 10.9. The van der Waals surface area contributed by atoms with Crippen molar-refractivity contribution in [1.29, 1.82) is 0 Å². The number of aromatic nitrogens is 1. The number of nitrogens with one attached hydrogen (secondary N) is 1. The molecule has 0 spiro atoms. The highest BCUT2D eigenvalue weighted by molar-refractivity contribution is 6.29. The minimum Gasteiger partial charge on any atom is -0.493 e. The van der Waals surface area contributed by atoms with E-state index in [0.29, 0.717) is 28.9 Å². The topological polar surface area (TPSA) is 80.8 Å². The molecular formula is C20H22ClN3O4. The number of amides is 2. The molecule has 1 aliphatic carbocycles. The van der Waals surface area contributed by atoms with E-state index >= 15 is 0 Å². The normalized spacial score (nSPS) is 12.9. The van der Waals surface area contributed by atoms with Gasteiger partial charge in [-0.25, -0.2) is 4.98 Å². The number of nitrogens with zero attached hydrogens (tertiary/aromatic N) is 2.